The Morgan fingerprint density at radius 1 is 0.344 bits per heavy atom. The molecule has 0 bridgehead atoms. The van der Waals surface area contributed by atoms with Gasteiger partial charge in [-0.3, -0.25) is 0 Å². The van der Waals surface area contributed by atoms with Crippen molar-refractivity contribution in [2.45, 2.75) is 71.1 Å². The maximum absolute atomic E-state index is 2.53. The summed E-state index contributed by atoms with van der Waals surface area (Å²) in [6, 6.07) is 61.1. The molecule has 0 N–H and O–H groups in total. The van der Waals surface area contributed by atoms with E-state index in [4.69, 9.17) is 0 Å². The monoisotopic (exact) mass is 820 g/mol. The minimum absolute atomic E-state index is 0.0358. The molecule has 0 aliphatic heterocycles. The van der Waals surface area contributed by atoms with Crippen molar-refractivity contribution < 1.29 is 0 Å². The third-order valence-corrected chi connectivity index (χ3v) is 16.2. The van der Waals surface area contributed by atoms with E-state index >= 15 is 0 Å². The molecule has 0 amide bonds. The van der Waals surface area contributed by atoms with Gasteiger partial charge < -0.3 is 0 Å². The van der Waals surface area contributed by atoms with Crippen molar-refractivity contribution in [2.75, 3.05) is 0 Å². The number of benzene rings is 9. The van der Waals surface area contributed by atoms with Gasteiger partial charge in [-0.05, 0) is 181 Å². The standard InChI is InChI=1S/C64H52/c1-37-20-25-47-50-27-22-39(32-59(50)64(6,7)58(47)30-37)38-21-26-44-53(31-38)52(41-24-29-49-46-17-11-13-19-57(46)63(4,5)61(49)34-41)36-54-43-15-9-8-14-42(43)51(35-55(44)54)40-23-28-48-45-16-10-12-18-56(45)62(2,3)60(48)33-40/h8-19,21-37H,20H2,1-7H3. The molecule has 1 atom stereocenters. The van der Waals surface area contributed by atoms with Crippen LogP contribution in [0.25, 0.3) is 93.5 Å². The molecule has 0 aromatic heterocycles. The van der Waals surface area contributed by atoms with Crippen LogP contribution >= 0.6 is 0 Å². The highest BCUT2D eigenvalue weighted by Gasteiger charge is 2.40. The Balaban J connectivity index is 1.06. The quantitative estimate of drug-likeness (QED) is 0.156. The van der Waals surface area contributed by atoms with Gasteiger partial charge in [0.25, 0.3) is 0 Å². The highest BCUT2D eigenvalue weighted by Crippen LogP contribution is 2.55. The lowest BCUT2D eigenvalue weighted by Gasteiger charge is -2.25. The van der Waals surface area contributed by atoms with Crippen LogP contribution in [0.1, 0.15) is 88.3 Å². The zero-order chi connectivity index (χ0) is 43.4. The maximum Gasteiger partial charge on any atom is 0.0159 e. The van der Waals surface area contributed by atoms with Crippen LogP contribution in [0.4, 0.5) is 0 Å². The number of allylic oxidation sites excluding steroid dienone is 4. The van der Waals surface area contributed by atoms with Crippen molar-refractivity contribution in [1.29, 1.82) is 0 Å². The molecule has 0 saturated carbocycles. The van der Waals surface area contributed by atoms with Crippen LogP contribution in [0.2, 0.25) is 0 Å². The predicted octanol–water partition coefficient (Wildman–Crippen LogP) is 17.4. The summed E-state index contributed by atoms with van der Waals surface area (Å²) in [5.74, 6) is 0.573. The summed E-state index contributed by atoms with van der Waals surface area (Å²) in [6.45, 7) is 16.7. The van der Waals surface area contributed by atoms with Gasteiger partial charge in [-0.1, -0.05) is 182 Å². The summed E-state index contributed by atoms with van der Waals surface area (Å²) in [4.78, 5) is 0. The normalized spacial score (nSPS) is 18.0. The molecule has 0 heterocycles. The van der Waals surface area contributed by atoms with Gasteiger partial charge in [-0.25, -0.2) is 0 Å². The molecule has 64 heavy (non-hydrogen) atoms. The molecule has 9 aromatic carbocycles. The molecule has 4 aliphatic carbocycles. The summed E-state index contributed by atoms with van der Waals surface area (Å²) in [7, 11) is 0. The minimum Gasteiger partial charge on any atom is -0.0767 e. The Morgan fingerprint density at radius 3 is 1.44 bits per heavy atom. The van der Waals surface area contributed by atoms with E-state index in [2.05, 4.69) is 218 Å². The third kappa shape index (κ3) is 5.06. The van der Waals surface area contributed by atoms with E-state index in [1.165, 1.54) is 132 Å². The van der Waals surface area contributed by atoms with Crippen molar-refractivity contribution in [2.24, 2.45) is 5.92 Å². The summed E-state index contributed by atoms with van der Waals surface area (Å²) in [5.41, 5.74) is 24.3. The Bertz CT molecular complexity index is 3610. The van der Waals surface area contributed by atoms with E-state index in [-0.39, 0.29) is 16.2 Å². The maximum atomic E-state index is 2.53. The number of hydrogen-bond donors (Lipinski definition) is 0. The zero-order valence-corrected chi connectivity index (χ0v) is 38.0. The van der Waals surface area contributed by atoms with Crippen LogP contribution in [0.5, 0.6) is 0 Å². The van der Waals surface area contributed by atoms with Gasteiger partial charge in [0.2, 0.25) is 0 Å². The van der Waals surface area contributed by atoms with Crippen LogP contribution in [0.15, 0.2) is 175 Å². The van der Waals surface area contributed by atoms with Crippen molar-refractivity contribution in [1.82, 2.24) is 0 Å². The van der Waals surface area contributed by atoms with Crippen LogP contribution < -0.4 is 0 Å². The smallest absolute Gasteiger partial charge is 0.0159 e. The molecule has 1 unspecified atom stereocenters. The fourth-order valence-corrected chi connectivity index (χ4v) is 12.7. The third-order valence-electron chi connectivity index (χ3n) is 16.2. The molecule has 0 spiro atoms. The molecule has 0 heteroatoms. The fraction of sp³-hybridized carbons (Fsp3) is 0.188. The molecule has 0 nitrogen and oxygen atoms in total. The summed E-state index contributed by atoms with van der Waals surface area (Å²) >= 11 is 0. The first-order valence-electron chi connectivity index (χ1n) is 23.4. The van der Waals surface area contributed by atoms with Gasteiger partial charge >= 0.3 is 0 Å². The highest BCUT2D eigenvalue weighted by atomic mass is 14.4. The van der Waals surface area contributed by atoms with E-state index in [0.717, 1.165) is 6.42 Å². The highest BCUT2D eigenvalue weighted by molar-refractivity contribution is 6.24. The first kappa shape index (κ1) is 37.8. The molecule has 0 saturated heterocycles. The molecule has 4 aliphatic rings. The number of hydrogen-bond acceptors (Lipinski definition) is 0. The summed E-state index contributed by atoms with van der Waals surface area (Å²) in [5, 5.41) is 7.75. The lowest BCUT2D eigenvalue weighted by molar-refractivity contribution is 0.633. The van der Waals surface area contributed by atoms with Crippen LogP contribution in [0, 0.1) is 5.92 Å². The van der Waals surface area contributed by atoms with Crippen LogP contribution in [-0.4, -0.2) is 0 Å². The van der Waals surface area contributed by atoms with Crippen molar-refractivity contribution in [3.05, 3.63) is 209 Å². The van der Waals surface area contributed by atoms with E-state index in [1.807, 2.05) is 0 Å². The predicted molar refractivity (Wildman–Crippen MR) is 273 cm³/mol. The molecule has 0 fully saturated rings. The molecule has 308 valence electrons. The van der Waals surface area contributed by atoms with Crippen LogP contribution in [0.3, 0.4) is 0 Å². The van der Waals surface area contributed by atoms with Crippen LogP contribution in [-0.2, 0) is 16.2 Å². The number of rotatable bonds is 3. The van der Waals surface area contributed by atoms with Crippen molar-refractivity contribution >= 4 is 37.9 Å². The van der Waals surface area contributed by atoms with Crippen molar-refractivity contribution in [3.8, 4) is 55.6 Å². The lowest BCUT2D eigenvalue weighted by Crippen LogP contribution is -2.17. The van der Waals surface area contributed by atoms with E-state index in [0.29, 0.717) is 5.92 Å². The second-order valence-electron chi connectivity index (χ2n) is 20.9. The fourth-order valence-electron chi connectivity index (χ4n) is 12.7. The Hall–Kier alpha value is -6.76. The molecule has 9 aromatic rings. The average Bonchev–Trinajstić information content (AvgIpc) is 3.79. The second-order valence-corrected chi connectivity index (χ2v) is 20.9. The largest absolute Gasteiger partial charge is 0.0767 e. The van der Waals surface area contributed by atoms with Gasteiger partial charge in [-0.2, -0.15) is 0 Å². The van der Waals surface area contributed by atoms with Gasteiger partial charge in [0.15, 0.2) is 0 Å². The van der Waals surface area contributed by atoms with Gasteiger partial charge in [0.1, 0.15) is 0 Å². The van der Waals surface area contributed by atoms with E-state index in [1.54, 1.807) is 0 Å². The summed E-state index contributed by atoms with van der Waals surface area (Å²) < 4.78 is 0. The molecule has 0 radical (unpaired) electrons. The van der Waals surface area contributed by atoms with E-state index in [9.17, 15) is 0 Å². The molecular weight excluding hydrogens is 769 g/mol. The SMILES string of the molecule is CC1C=C2C(=CC1)c1ccc(-c3ccc4c(c3)c(-c3ccc5c(c3)C(C)(C)c3ccccc3-5)cc3c5ccccc5c(-c5ccc6c(c5)C(C)(C)c5ccccc5-6)cc43)cc1C2(C)C. The van der Waals surface area contributed by atoms with Gasteiger partial charge in [0.05, 0.1) is 0 Å². The molecule has 13 rings (SSSR count). The summed E-state index contributed by atoms with van der Waals surface area (Å²) in [6.07, 6.45) is 6.12. The Morgan fingerprint density at radius 2 is 0.797 bits per heavy atom. The minimum atomic E-state index is -0.0930. The average molecular weight is 821 g/mol. The Labute approximate surface area is 377 Å². The first-order chi connectivity index (χ1) is 30.9. The lowest BCUT2D eigenvalue weighted by atomic mass is 9.78. The number of fused-ring (bicyclic) bond motifs is 14. The van der Waals surface area contributed by atoms with Crippen molar-refractivity contribution in [3.63, 3.8) is 0 Å². The first-order valence-corrected chi connectivity index (χ1v) is 23.4. The Kier molecular flexibility index (Phi) is 7.63. The van der Waals surface area contributed by atoms with E-state index < -0.39 is 0 Å². The second kappa shape index (κ2) is 12.9. The zero-order valence-electron chi connectivity index (χ0n) is 38.0. The molecular formula is C64H52. The van der Waals surface area contributed by atoms with Gasteiger partial charge in [-0.15, -0.1) is 0 Å². The topological polar surface area (TPSA) is 0 Å². The van der Waals surface area contributed by atoms with Gasteiger partial charge in [0, 0.05) is 16.2 Å².